The van der Waals surface area contributed by atoms with Gasteiger partial charge in [0.1, 0.15) is 0 Å². The number of aromatic carboxylic acids is 1. The fourth-order valence-electron chi connectivity index (χ4n) is 2.17. The van der Waals surface area contributed by atoms with Crippen LogP contribution in [0.15, 0.2) is 40.9 Å². The first kappa shape index (κ1) is 15.4. The number of nitrogens with one attached hydrogen (secondary N) is 1. The van der Waals surface area contributed by atoms with Crippen molar-refractivity contribution >= 4 is 33.3 Å². The summed E-state index contributed by atoms with van der Waals surface area (Å²) in [4.78, 5) is 11.2. The molecule has 0 heterocycles. The van der Waals surface area contributed by atoms with Gasteiger partial charge in [0.05, 0.1) is 5.56 Å². The van der Waals surface area contributed by atoms with Crippen LogP contribution in [-0.4, -0.2) is 11.1 Å². The summed E-state index contributed by atoms with van der Waals surface area (Å²) in [6, 6.07) is 11.5. The van der Waals surface area contributed by atoms with Crippen LogP contribution in [0.1, 0.15) is 34.5 Å². The average Bonchev–Trinajstić information content (AvgIpc) is 2.42. The van der Waals surface area contributed by atoms with Gasteiger partial charge in [-0.2, -0.15) is 0 Å². The first-order chi connectivity index (χ1) is 9.88. The summed E-state index contributed by atoms with van der Waals surface area (Å²) < 4.78 is 1.01. The van der Waals surface area contributed by atoms with Gasteiger partial charge in [-0.05, 0) is 49.2 Å². The van der Waals surface area contributed by atoms with Gasteiger partial charge in [0, 0.05) is 21.9 Å². The number of nitrogens with two attached hydrogens (primary N) is 1. The Kier molecular flexibility index (Phi) is 4.53. The number of hydrogen-bond donors (Lipinski definition) is 3. The van der Waals surface area contributed by atoms with E-state index in [9.17, 15) is 9.90 Å². The van der Waals surface area contributed by atoms with Crippen LogP contribution in [0.5, 0.6) is 0 Å². The highest BCUT2D eigenvalue weighted by Crippen LogP contribution is 2.27. The molecule has 0 bridgehead atoms. The Morgan fingerprint density at radius 3 is 2.67 bits per heavy atom. The van der Waals surface area contributed by atoms with Crippen molar-refractivity contribution in [3.8, 4) is 0 Å². The zero-order chi connectivity index (χ0) is 15.6. The van der Waals surface area contributed by atoms with Crippen LogP contribution in [0.4, 0.5) is 11.4 Å². The molecule has 0 aliphatic rings. The summed E-state index contributed by atoms with van der Waals surface area (Å²) in [5.41, 5.74) is 8.83. The first-order valence-corrected chi connectivity index (χ1v) is 7.33. The van der Waals surface area contributed by atoms with Crippen molar-refractivity contribution < 1.29 is 9.90 Å². The molecule has 0 fully saturated rings. The predicted octanol–water partition coefficient (Wildman–Crippen LogP) is 4.21. The van der Waals surface area contributed by atoms with Crippen molar-refractivity contribution in [2.75, 3.05) is 11.1 Å². The number of benzene rings is 2. The summed E-state index contributed by atoms with van der Waals surface area (Å²) in [7, 11) is 0. The third-order valence-corrected chi connectivity index (χ3v) is 3.84. The number of halogens is 1. The lowest BCUT2D eigenvalue weighted by atomic mass is 10.0. The molecule has 0 aliphatic carbocycles. The van der Waals surface area contributed by atoms with Gasteiger partial charge in [0.15, 0.2) is 0 Å². The maximum absolute atomic E-state index is 11.2. The van der Waals surface area contributed by atoms with E-state index in [1.165, 1.54) is 0 Å². The lowest BCUT2D eigenvalue weighted by Gasteiger charge is -2.18. The molecule has 0 aliphatic heterocycles. The SMILES string of the molecule is Cc1cc(NC(C)c2cccc(Br)c2)cc(C(=O)O)c1N. The number of carboxylic acids is 1. The monoisotopic (exact) mass is 348 g/mol. The van der Waals surface area contributed by atoms with Crippen LogP contribution < -0.4 is 11.1 Å². The maximum atomic E-state index is 11.2. The minimum atomic E-state index is -1.02. The Balaban J connectivity index is 2.29. The van der Waals surface area contributed by atoms with Gasteiger partial charge in [0.25, 0.3) is 0 Å². The summed E-state index contributed by atoms with van der Waals surface area (Å²) in [6.45, 7) is 3.82. The minimum Gasteiger partial charge on any atom is -0.478 e. The molecule has 2 rings (SSSR count). The third-order valence-electron chi connectivity index (χ3n) is 3.35. The summed E-state index contributed by atoms with van der Waals surface area (Å²) in [5.74, 6) is -1.02. The van der Waals surface area contributed by atoms with Crippen LogP contribution in [-0.2, 0) is 0 Å². The number of carbonyl (C=O) groups is 1. The second-order valence-corrected chi connectivity index (χ2v) is 5.90. The predicted molar refractivity (Wildman–Crippen MR) is 88.7 cm³/mol. The van der Waals surface area contributed by atoms with Crippen molar-refractivity contribution in [3.05, 3.63) is 57.6 Å². The van der Waals surface area contributed by atoms with E-state index in [0.717, 1.165) is 21.3 Å². The molecule has 2 aromatic rings. The second-order valence-electron chi connectivity index (χ2n) is 4.98. The standard InChI is InChI=1S/C16H17BrN2O2/c1-9-6-13(8-14(15(9)18)16(20)21)19-10(2)11-4-3-5-12(17)7-11/h3-8,10,19H,18H2,1-2H3,(H,20,21). The zero-order valence-electron chi connectivity index (χ0n) is 11.9. The van der Waals surface area contributed by atoms with Crippen molar-refractivity contribution in [2.24, 2.45) is 0 Å². The van der Waals surface area contributed by atoms with Crippen molar-refractivity contribution in [3.63, 3.8) is 0 Å². The van der Waals surface area contributed by atoms with Crippen molar-refractivity contribution in [1.82, 2.24) is 0 Å². The highest BCUT2D eigenvalue weighted by Gasteiger charge is 2.13. The molecule has 1 atom stereocenters. The van der Waals surface area contributed by atoms with Gasteiger partial charge in [-0.3, -0.25) is 0 Å². The van der Waals surface area contributed by atoms with E-state index in [1.54, 1.807) is 13.0 Å². The Morgan fingerprint density at radius 1 is 1.33 bits per heavy atom. The summed E-state index contributed by atoms with van der Waals surface area (Å²) in [6.07, 6.45) is 0. The molecule has 4 nitrogen and oxygen atoms in total. The molecule has 0 radical (unpaired) electrons. The molecular weight excluding hydrogens is 332 g/mol. The number of aryl methyl sites for hydroxylation is 1. The van der Waals surface area contributed by atoms with Gasteiger partial charge in [-0.1, -0.05) is 28.1 Å². The third kappa shape index (κ3) is 3.55. The fraction of sp³-hybridized carbons (Fsp3) is 0.188. The van der Waals surface area contributed by atoms with E-state index in [2.05, 4.69) is 21.2 Å². The molecule has 0 amide bonds. The van der Waals surface area contributed by atoms with Gasteiger partial charge >= 0.3 is 5.97 Å². The molecule has 0 saturated carbocycles. The number of nitrogen functional groups attached to an aromatic ring is 1. The number of anilines is 2. The quantitative estimate of drug-likeness (QED) is 0.723. The van der Waals surface area contributed by atoms with Crippen LogP contribution in [0.3, 0.4) is 0 Å². The number of rotatable bonds is 4. The van der Waals surface area contributed by atoms with E-state index in [-0.39, 0.29) is 11.6 Å². The smallest absolute Gasteiger partial charge is 0.337 e. The Hall–Kier alpha value is -2.01. The summed E-state index contributed by atoms with van der Waals surface area (Å²) in [5, 5.41) is 12.5. The van der Waals surface area contributed by atoms with Crippen molar-refractivity contribution in [2.45, 2.75) is 19.9 Å². The molecule has 1 unspecified atom stereocenters. The lowest BCUT2D eigenvalue weighted by Crippen LogP contribution is -2.10. The van der Waals surface area contributed by atoms with Crippen molar-refractivity contribution in [1.29, 1.82) is 0 Å². The Bertz CT molecular complexity index is 686. The normalized spacial score (nSPS) is 12.0. The zero-order valence-corrected chi connectivity index (χ0v) is 13.4. The maximum Gasteiger partial charge on any atom is 0.337 e. The molecule has 0 spiro atoms. The topological polar surface area (TPSA) is 75.3 Å². The summed E-state index contributed by atoms with van der Waals surface area (Å²) >= 11 is 3.45. The second kappa shape index (κ2) is 6.18. The Labute approximate surface area is 132 Å². The Morgan fingerprint density at radius 2 is 2.05 bits per heavy atom. The van der Waals surface area contributed by atoms with Gasteiger partial charge in [-0.15, -0.1) is 0 Å². The molecule has 110 valence electrons. The highest BCUT2D eigenvalue weighted by atomic mass is 79.9. The van der Waals surface area contributed by atoms with Gasteiger partial charge in [0.2, 0.25) is 0 Å². The number of hydrogen-bond acceptors (Lipinski definition) is 3. The molecule has 5 heteroatoms. The van der Waals surface area contributed by atoms with Crippen LogP contribution >= 0.6 is 15.9 Å². The minimum absolute atomic E-state index is 0.0483. The van der Waals surface area contributed by atoms with Gasteiger partial charge in [-0.25, -0.2) is 4.79 Å². The molecule has 21 heavy (non-hydrogen) atoms. The van der Waals surface area contributed by atoms with E-state index >= 15 is 0 Å². The van der Waals surface area contributed by atoms with Crippen LogP contribution in [0, 0.1) is 6.92 Å². The van der Waals surface area contributed by atoms with E-state index in [0.29, 0.717) is 5.69 Å². The molecule has 4 N–H and O–H groups in total. The molecular formula is C16H17BrN2O2. The average molecular weight is 349 g/mol. The number of carboxylic acid groups (broad SMARTS) is 1. The van der Waals surface area contributed by atoms with Crippen LogP contribution in [0.25, 0.3) is 0 Å². The molecule has 0 aromatic heterocycles. The molecule has 2 aromatic carbocycles. The fourth-order valence-corrected chi connectivity index (χ4v) is 2.58. The van der Waals surface area contributed by atoms with E-state index < -0.39 is 5.97 Å². The van der Waals surface area contributed by atoms with Gasteiger partial charge < -0.3 is 16.2 Å². The lowest BCUT2D eigenvalue weighted by molar-refractivity contribution is 0.0698. The molecule has 0 saturated heterocycles. The van der Waals surface area contributed by atoms with E-state index in [4.69, 9.17) is 5.73 Å². The largest absolute Gasteiger partial charge is 0.478 e. The van der Waals surface area contributed by atoms with E-state index in [1.807, 2.05) is 37.3 Å². The highest BCUT2D eigenvalue weighted by molar-refractivity contribution is 9.10. The van der Waals surface area contributed by atoms with Crippen LogP contribution in [0.2, 0.25) is 0 Å². The first-order valence-electron chi connectivity index (χ1n) is 6.54.